The van der Waals surface area contributed by atoms with Gasteiger partial charge in [0.25, 0.3) is 0 Å². The molecule has 2 amide bonds. The second-order valence-electron chi connectivity index (χ2n) is 9.21. The number of benzene rings is 2. The molecular weight excluding hydrogens is 516 g/mol. The van der Waals surface area contributed by atoms with E-state index in [1.807, 2.05) is 52.0 Å². The van der Waals surface area contributed by atoms with Crippen LogP contribution in [0, 0.1) is 12.8 Å². The molecule has 3 N–H and O–H groups in total. The number of aryl methyl sites for hydroxylation is 1. The first kappa shape index (κ1) is 33.5. The van der Waals surface area contributed by atoms with Gasteiger partial charge in [0.1, 0.15) is 5.84 Å². The van der Waals surface area contributed by atoms with Crippen molar-refractivity contribution in [3.05, 3.63) is 60.3 Å². The van der Waals surface area contributed by atoms with Gasteiger partial charge in [0.2, 0.25) is 0 Å². The predicted molar refractivity (Wildman–Crippen MR) is 159 cm³/mol. The lowest BCUT2D eigenvalue weighted by molar-refractivity contribution is 0.245. The molecule has 0 unspecified atom stereocenters. The standard InChI is InChI=1S/C26H34N4O4S.C3H8O/c1-17(2)19(4)28-25(34-6)13-14-27-26(31)30-20(5)29-24-12-11-22(15-18(24)3)21-9-8-10-23(16-21)35(7,32)33;1-2-3-4/h8-12,15-17H,4,13-14H2,1-3,5-7H3,(H2,27,29,30,31);4H,2-3H2,1H3. The maximum atomic E-state index is 12.2. The van der Waals surface area contributed by atoms with Crippen LogP contribution in [0.1, 0.15) is 46.1 Å². The van der Waals surface area contributed by atoms with Crippen LogP contribution in [0.4, 0.5) is 10.5 Å². The van der Waals surface area contributed by atoms with Crippen LogP contribution in [0.15, 0.2) is 69.6 Å². The molecule has 9 nitrogen and oxygen atoms in total. The summed E-state index contributed by atoms with van der Waals surface area (Å²) >= 11 is 0. The zero-order valence-electron chi connectivity index (χ0n) is 24.0. The molecule has 0 bridgehead atoms. The van der Waals surface area contributed by atoms with Crippen LogP contribution in [-0.4, -0.2) is 57.8 Å². The van der Waals surface area contributed by atoms with Crippen molar-refractivity contribution >= 4 is 33.3 Å². The summed E-state index contributed by atoms with van der Waals surface area (Å²) in [6.07, 6.45) is 2.50. The summed E-state index contributed by atoms with van der Waals surface area (Å²) < 4.78 is 29.0. The van der Waals surface area contributed by atoms with Gasteiger partial charge in [0.05, 0.1) is 17.7 Å². The lowest BCUT2D eigenvalue weighted by atomic mass is 10.0. The van der Waals surface area contributed by atoms with Crippen LogP contribution in [0.5, 0.6) is 0 Å². The third-order valence-electron chi connectivity index (χ3n) is 5.39. The molecule has 0 atom stereocenters. The number of allylic oxidation sites excluding steroid dienone is 1. The fourth-order valence-corrected chi connectivity index (χ4v) is 3.73. The van der Waals surface area contributed by atoms with Gasteiger partial charge in [-0.05, 0) is 67.1 Å². The lowest BCUT2D eigenvalue weighted by Gasteiger charge is -2.11. The van der Waals surface area contributed by atoms with Gasteiger partial charge in [-0.25, -0.2) is 23.2 Å². The molecule has 214 valence electrons. The summed E-state index contributed by atoms with van der Waals surface area (Å²) in [4.78, 5) is 21.3. The Balaban J connectivity index is 0.00000177. The first-order chi connectivity index (χ1) is 18.3. The normalized spacial score (nSPS) is 11.9. The molecule has 0 aliphatic carbocycles. The minimum absolute atomic E-state index is 0.213. The number of carbonyl (C=O) groups is 1. The van der Waals surface area contributed by atoms with E-state index in [0.29, 0.717) is 37.0 Å². The molecule has 0 radical (unpaired) electrons. The highest BCUT2D eigenvalue weighted by Crippen LogP contribution is 2.28. The zero-order chi connectivity index (χ0) is 29.6. The van der Waals surface area contributed by atoms with Crippen molar-refractivity contribution in [2.75, 3.05) is 26.5 Å². The number of rotatable bonds is 9. The summed E-state index contributed by atoms with van der Waals surface area (Å²) in [5.74, 6) is 1.16. The fourth-order valence-electron chi connectivity index (χ4n) is 3.06. The Kier molecular flexibility index (Phi) is 14.2. The Morgan fingerprint density at radius 2 is 1.79 bits per heavy atom. The smallest absolute Gasteiger partial charge is 0.320 e. The average molecular weight is 559 g/mol. The van der Waals surface area contributed by atoms with Crippen LogP contribution < -0.4 is 10.6 Å². The molecule has 0 saturated carbocycles. The molecule has 0 saturated heterocycles. The highest BCUT2D eigenvalue weighted by molar-refractivity contribution is 7.90. The minimum atomic E-state index is -3.29. The van der Waals surface area contributed by atoms with E-state index in [4.69, 9.17) is 9.84 Å². The van der Waals surface area contributed by atoms with Gasteiger partial charge in [-0.3, -0.25) is 5.32 Å². The van der Waals surface area contributed by atoms with E-state index >= 15 is 0 Å². The monoisotopic (exact) mass is 558 g/mol. The SMILES string of the molecule is C=C(N=C(CCNC(=O)NC(C)=Nc1ccc(-c2cccc(S(C)(=O)=O)c2)cc1C)OC)C(C)C.CCCO. The first-order valence-electron chi connectivity index (χ1n) is 12.7. The summed E-state index contributed by atoms with van der Waals surface area (Å²) in [7, 11) is -1.75. The van der Waals surface area contributed by atoms with Crippen LogP contribution in [0.25, 0.3) is 11.1 Å². The van der Waals surface area contributed by atoms with E-state index in [0.717, 1.165) is 28.8 Å². The second-order valence-corrected chi connectivity index (χ2v) is 11.2. The van der Waals surface area contributed by atoms with E-state index in [-0.39, 0.29) is 16.8 Å². The third kappa shape index (κ3) is 12.3. The topological polar surface area (TPSA) is 129 Å². The number of aliphatic hydroxyl groups is 1. The third-order valence-corrected chi connectivity index (χ3v) is 6.50. The van der Waals surface area contributed by atoms with Gasteiger partial charge in [-0.2, -0.15) is 0 Å². The van der Waals surface area contributed by atoms with Gasteiger partial charge in [0, 0.05) is 31.5 Å². The summed E-state index contributed by atoms with van der Waals surface area (Å²) in [6, 6.07) is 12.1. The molecule has 0 aromatic heterocycles. The molecule has 0 fully saturated rings. The first-order valence-corrected chi connectivity index (χ1v) is 14.6. The van der Waals surface area contributed by atoms with Gasteiger partial charge < -0.3 is 15.2 Å². The Hall–Kier alpha value is -3.50. The fraction of sp³-hybridized carbons (Fsp3) is 0.414. The number of aliphatic hydroxyl groups excluding tert-OH is 1. The van der Waals surface area contributed by atoms with E-state index < -0.39 is 9.84 Å². The Morgan fingerprint density at radius 3 is 2.33 bits per heavy atom. The summed E-state index contributed by atoms with van der Waals surface area (Å²) in [5, 5.41) is 13.3. The predicted octanol–water partition coefficient (Wildman–Crippen LogP) is 5.41. The number of hydrogen-bond acceptors (Lipinski definition) is 7. The largest absolute Gasteiger partial charge is 0.484 e. The summed E-state index contributed by atoms with van der Waals surface area (Å²) in [6.45, 7) is 14.1. The molecule has 0 aliphatic heterocycles. The second kappa shape index (κ2) is 16.5. The number of amides is 2. The van der Waals surface area contributed by atoms with Crippen molar-refractivity contribution in [2.45, 2.75) is 52.4 Å². The Bertz CT molecular complexity index is 1280. The van der Waals surface area contributed by atoms with Crippen molar-refractivity contribution in [3.8, 4) is 11.1 Å². The molecule has 0 heterocycles. The maximum Gasteiger partial charge on any atom is 0.320 e. The van der Waals surface area contributed by atoms with Crippen molar-refractivity contribution in [2.24, 2.45) is 15.9 Å². The minimum Gasteiger partial charge on any atom is -0.484 e. The zero-order valence-corrected chi connectivity index (χ0v) is 24.9. The van der Waals surface area contributed by atoms with Gasteiger partial charge in [0.15, 0.2) is 15.7 Å². The molecule has 39 heavy (non-hydrogen) atoms. The highest BCUT2D eigenvalue weighted by Gasteiger charge is 2.10. The molecule has 0 aliphatic rings. The Labute approximate surface area is 233 Å². The Morgan fingerprint density at radius 1 is 1.15 bits per heavy atom. The number of urea groups is 1. The number of methoxy groups -OCH3 is 1. The number of sulfone groups is 1. The number of nitrogens with one attached hydrogen (secondary N) is 2. The van der Waals surface area contributed by atoms with E-state index in [1.54, 1.807) is 32.2 Å². The summed E-state index contributed by atoms with van der Waals surface area (Å²) in [5.41, 5.74) is 3.99. The molecule has 2 rings (SSSR count). The molecule has 2 aromatic rings. The quantitative estimate of drug-likeness (QED) is 0.280. The number of amidine groups is 1. The van der Waals surface area contributed by atoms with Crippen LogP contribution in [-0.2, 0) is 14.6 Å². The van der Waals surface area contributed by atoms with Crippen molar-refractivity contribution in [3.63, 3.8) is 0 Å². The van der Waals surface area contributed by atoms with Gasteiger partial charge >= 0.3 is 6.03 Å². The van der Waals surface area contributed by atoms with Crippen LogP contribution in [0.3, 0.4) is 0 Å². The highest BCUT2D eigenvalue weighted by atomic mass is 32.2. The molecule has 10 heteroatoms. The molecule has 0 spiro atoms. The number of hydrogen-bond donors (Lipinski definition) is 3. The number of ether oxygens (including phenoxy) is 1. The van der Waals surface area contributed by atoms with E-state index in [9.17, 15) is 13.2 Å². The van der Waals surface area contributed by atoms with Gasteiger partial charge in [-0.1, -0.05) is 45.5 Å². The van der Waals surface area contributed by atoms with E-state index in [2.05, 4.69) is 27.2 Å². The molecule has 2 aromatic carbocycles. The lowest BCUT2D eigenvalue weighted by Crippen LogP contribution is -2.39. The van der Waals surface area contributed by atoms with Crippen molar-refractivity contribution < 1.29 is 23.1 Å². The van der Waals surface area contributed by atoms with Gasteiger partial charge in [-0.15, -0.1) is 0 Å². The molecular formula is C29H42N4O5S. The average Bonchev–Trinajstić information content (AvgIpc) is 2.88. The van der Waals surface area contributed by atoms with Crippen molar-refractivity contribution in [1.82, 2.24) is 10.6 Å². The maximum absolute atomic E-state index is 12.2. The van der Waals surface area contributed by atoms with Crippen LogP contribution >= 0.6 is 0 Å². The van der Waals surface area contributed by atoms with E-state index in [1.165, 1.54) is 6.26 Å². The van der Waals surface area contributed by atoms with Crippen molar-refractivity contribution in [1.29, 1.82) is 0 Å². The number of nitrogens with zero attached hydrogens (tertiary/aromatic N) is 2. The number of carbonyl (C=O) groups excluding carboxylic acids is 1. The number of aliphatic imine (C=N–C) groups is 2. The van der Waals surface area contributed by atoms with Crippen LogP contribution in [0.2, 0.25) is 0 Å².